The minimum atomic E-state index is -0.856. The number of benzene rings is 1. The number of nitrogens with one attached hydrogen (secondary N) is 1. The van der Waals surface area contributed by atoms with E-state index < -0.39 is 5.97 Å². The van der Waals surface area contributed by atoms with Crippen molar-refractivity contribution in [1.82, 2.24) is 5.32 Å². The molecule has 0 unspecified atom stereocenters. The molecule has 3 heteroatoms. The highest BCUT2D eigenvalue weighted by Gasteiger charge is 2.19. The summed E-state index contributed by atoms with van der Waals surface area (Å²) in [5.74, 6) is -0.856. The molecule has 1 aromatic carbocycles. The lowest BCUT2D eigenvalue weighted by Crippen LogP contribution is -2.08. The lowest BCUT2D eigenvalue weighted by molar-refractivity contribution is 0.0697. The minimum absolute atomic E-state index is 0.375. The molecule has 0 radical (unpaired) electrons. The fourth-order valence-electron chi connectivity index (χ4n) is 2.36. The van der Waals surface area contributed by atoms with Crippen LogP contribution in [0.3, 0.4) is 0 Å². The van der Waals surface area contributed by atoms with Crippen molar-refractivity contribution in [3.63, 3.8) is 0 Å². The Morgan fingerprint density at radius 1 is 1.47 bits per heavy atom. The quantitative estimate of drug-likeness (QED) is 0.836. The van der Waals surface area contributed by atoms with Gasteiger partial charge in [-0.2, -0.15) is 0 Å². The second-order valence-electron chi connectivity index (χ2n) is 4.47. The molecular weight excluding hydrogens is 214 g/mol. The first-order valence-electron chi connectivity index (χ1n) is 5.83. The Labute approximate surface area is 101 Å². The fourth-order valence-corrected chi connectivity index (χ4v) is 2.36. The highest BCUT2D eigenvalue weighted by Crippen LogP contribution is 2.35. The van der Waals surface area contributed by atoms with Crippen LogP contribution in [0.5, 0.6) is 0 Å². The molecule has 90 valence electrons. The monoisotopic (exact) mass is 231 g/mol. The summed E-state index contributed by atoms with van der Waals surface area (Å²) in [4.78, 5) is 11.0. The Balaban J connectivity index is 2.36. The number of carboxylic acids is 1. The first-order chi connectivity index (χ1) is 8.13. The molecule has 0 saturated carbocycles. The van der Waals surface area contributed by atoms with Crippen LogP contribution in [0, 0.1) is 0 Å². The summed E-state index contributed by atoms with van der Waals surface area (Å²) < 4.78 is 0. The summed E-state index contributed by atoms with van der Waals surface area (Å²) in [6.07, 6.45) is 1.91. The zero-order valence-corrected chi connectivity index (χ0v) is 10.2. The molecule has 0 aromatic heterocycles. The van der Waals surface area contributed by atoms with Crippen molar-refractivity contribution < 1.29 is 9.90 Å². The van der Waals surface area contributed by atoms with E-state index in [0.717, 1.165) is 24.9 Å². The van der Waals surface area contributed by atoms with E-state index in [9.17, 15) is 4.79 Å². The van der Waals surface area contributed by atoms with Crippen molar-refractivity contribution in [2.45, 2.75) is 19.8 Å². The van der Waals surface area contributed by atoms with E-state index in [-0.39, 0.29) is 0 Å². The summed E-state index contributed by atoms with van der Waals surface area (Å²) in [6, 6.07) is 5.43. The molecular formula is C14H17NO2. The maximum Gasteiger partial charge on any atom is 0.335 e. The van der Waals surface area contributed by atoms with E-state index in [2.05, 4.69) is 12.2 Å². The highest BCUT2D eigenvalue weighted by atomic mass is 16.4. The molecule has 2 rings (SSSR count). The van der Waals surface area contributed by atoms with Gasteiger partial charge in [0, 0.05) is 0 Å². The number of hydrogen-bond acceptors (Lipinski definition) is 2. The number of rotatable bonds is 4. The molecule has 0 heterocycles. The number of carbonyl (C=O) groups is 1. The number of aromatic carboxylic acids is 1. The Morgan fingerprint density at radius 3 is 2.88 bits per heavy atom. The van der Waals surface area contributed by atoms with Crippen LogP contribution in [0.4, 0.5) is 0 Å². The summed E-state index contributed by atoms with van der Waals surface area (Å²) >= 11 is 0. The zero-order valence-electron chi connectivity index (χ0n) is 10.2. The molecule has 0 saturated heterocycles. The molecule has 0 bridgehead atoms. The van der Waals surface area contributed by atoms with Crippen molar-refractivity contribution in [3.8, 4) is 0 Å². The van der Waals surface area contributed by atoms with E-state index in [1.165, 1.54) is 16.7 Å². The summed E-state index contributed by atoms with van der Waals surface area (Å²) in [5.41, 5.74) is 5.41. The Kier molecular flexibility index (Phi) is 3.29. The largest absolute Gasteiger partial charge is 0.478 e. The summed E-state index contributed by atoms with van der Waals surface area (Å²) in [7, 11) is 1.93. The average molecular weight is 231 g/mol. The van der Waals surface area contributed by atoms with Gasteiger partial charge < -0.3 is 10.4 Å². The summed E-state index contributed by atoms with van der Waals surface area (Å²) in [6.45, 7) is 3.05. The molecule has 1 aliphatic carbocycles. The molecule has 0 amide bonds. The van der Waals surface area contributed by atoms with Crippen molar-refractivity contribution in [3.05, 3.63) is 40.5 Å². The fraction of sp³-hybridized carbons (Fsp3) is 0.357. The minimum Gasteiger partial charge on any atom is -0.478 e. The normalized spacial score (nSPS) is 14.0. The molecule has 1 aromatic rings. The smallest absolute Gasteiger partial charge is 0.335 e. The molecule has 17 heavy (non-hydrogen) atoms. The maximum atomic E-state index is 11.0. The third-order valence-corrected chi connectivity index (χ3v) is 3.28. The van der Waals surface area contributed by atoms with Crippen LogP contribution in [0.2, 0.25) is 0 Å². The van der Waals surface area contributed by atoms with Crippen molar-refractivity contribution in [2.24, 2.45) is 0 Å². The summed E-state index contributed by atoms with van der Waals surface area (Å²) in [5, 5.41) is 12.1. The van der Waals surface area contributed by atoms with Crippen molar-refractivity contribution >= 4 is 11.5 Å². The molecule has 0 spiro atoms. The molecule has 3 nitrogen and oxygen atoms in total. The van der Waals surface area contributed by atoms with Gasteiger partial charge in [-0.05, 0) is 62.2 Å². The van der Waals surface area contributed by atoms with Gasteiger partial charge >= 0.3 is 5.97 Å². The maximum absolute atomic E-state index is 11.0. The van der Waals surface area contributed by atoms with Crippen LogP contribution in [0.15, 0.2) is 23.8 Å². The predicted octanol–water partition coefficient (Wildman–Crippen LogP) is 2.32. The molecule has 0 atom stereocenters. The standard InChI is InChI=1S/C14H17NO2/c1-9-7-10-3-4-11(14(16)17)8-13(10)12(9)5-6-15-2/h3-4,8,15H,5-7H2,1-2H3,(H,16,17). The lowest BCUT2D eigenvalue weighted by atomic mass is 10.00. The van der Waals surface area contributed by atoms with Gasteiger partial charge in [-0.1, -0.05) is 11.6 Å². The van der Waals surface area contributed by atoms with Crippen LogP contribution in [0.1, 0.15) is 34.8 Å². The van der Waals surface area contributed by atoms with Crippen LogP contribution in [0.25, 0.3) is 5.57 Å². The van der Waals surface area contributed by atoms with Crippen molar-refractivity contribution in [2.75, 3.05) is 13.6 Å². The van der Waals surface area contributed by atoms with Gasteiger partial charge in [-0.25, -0.2) is 4.79 Å². The van der Waals surface area contributed by atoms with Gasteiger partial charge in [0.1, 0.15) is 0 Å². The SMILES string of the molecule is CNCCC1=C(C)Cc2ccc(C(=O)O)cc21. The zero-order chi connectivity index (χ0) is 12.4. The van der Waals surface area contributed by atoms with E-state index in [1.807, 2.05) is 13.1 Å². The number of carboxylic acid groups (broad SMARTS) is 1. The highest BCUT2D eigenvalue weighted by molar-refractivity contribution is 5.90. The van der Waals surface area contributed by atoms with E-state index in [1.54, 1.807) is 12.1 Å². The van der Waals surface area contributed by atoms with Gasteiger partial charge in [-0.15, -0.1) is 0 Å². The molecule has 2 N–H and O–H groups in total. The van der Waals surface area contributed by atoms with Crippen LogP contribution in [-0.2, 0) is 6.42 Å². The van der Waals surface area contributed by atoms with Gasteiger partial charge in [0.15, 0.2) is 0 Å². The number of hydrogen-bond donors (Lipinski definition) is 2. The van der Waals surface area contributed by atoms with Crippen LogP contribution < -0.4 is 5.32 Å². The third-order valence-electron chi connectivity index (χ3n) is 3.28. The van der Waals surface area contributed by atoms with Gasteiger partial charge in [0.2, 0.25) is 0 Å². The van der Waals surface area contributed by atoms with Gasteiger partial charge in [-0.3, -0.25) is 0 Å². The Morgan fingerprint density at radius 2 is 2.24 bits per heavy atom. The first-order valence-corrected chi connectivity index (χ1v) is 5.83. The second kappa shape index (κ2) is 4.72. The Hall–Kier alpha value is -1.61. The molecule has 1 aliphatic rings. The van der Waals surface area contributed by atoms with Crippen LogP contribution in [-0.4, -0.2) is 24.7 Å². The number of allylic oxidation sites excluding steroid dienone is 1. The van der Waals surface area contributed by atoms with Gasteiger partial charge in [0.25, 0.3) is 0 Å². The van der Waals surface area contributed by atoms with Crippen molar-refractivity contribution in [1.29, 1.82) is 0 Å². The Bertz CT molecular complexity index is 489. The third kappa shape index (κ3) is 2.24. The lowest BCUT2D eigenvalue weighted by Gasteiger charge is -2.07. The second-order valence-corrected chi connectivity index (χ2v) is 4.47. The molecule has 0 aliphatic heterocycles. The van der Waals surface area contributed by atoms with E-state index in [0.29, 0.717) is 5.56 Å². The molecule has 0 fully saturated rings. The average Bonchev–Trinajstić information content (AvgIpc) is 2.61. The van der Waals surface area contributed by atoms with E-state index >= 15 is 0 Å². The predicted molar refractivity (Wildman–Crippen MR) is 68.2 cm³/mol. The topological polar surface area (TPSA) is 49.3 Å². The van der Waals surface area contributed by atoms with Gasteiger partial charge in [0.05, 0.1) is 5.56 Å². The van der Waals surface area contributed by atoms with Crippen LogP contribution >= 0.6 is 0 Å². The first kappa shape index (κ1) is 11.9. The number of fused-ring (bicyclic) bond motifs is 1. The van der Waals surface area contributed by atoms with E-state index in [4.69, 9.17) is 5.11 Å².